The lowest BCUT2D eigenvalue weighted by molar-refractivity contribution is 0.281. The van der Waals surface area contributed by atoms with Gasteiger partial charge in [-0.25, -0.2) is 16.8 Å². The minimum absolute atomic E-state index is 0.251. The van der Waals surface area contributed by atoms with E-state index in [0.717, 1.165) is 25.7 Å². The molecule has 33 heavy (non-hydrogen) atoms. The van der Waals surface area contributed by atoms with Gasteiger partial charge in [0.2, 0.25) is 20.0 Å². The lowest BCUT2D eigenvalue weighted by Crippen LogP contribution is -2.39. The monoisotopic (exact) mass is 492 g/mol. The first kappa shape index (κ1) is 24.2. The molecule has 0 aliphatic carbocycles. The Morgan fingerprint density at radius 2 is 1.03 bits per heavy atom. The van der Waals surface area contributed by atoms with Crippen molar-refractivity contribution < 1.29 is 21.6 Å². The molecule has 2 fully saturated rings. The van der Waals surface area contributed by atoms with E-state index in [1.165, 1.54) is 0 Å². The van der Waals surface area contributed by atoms with Crippen LogP contribution < -0.4 is 4.74 Å². The fourth-order valence-corrected chi connectivity index (χ4v) is 7.72. The van der Waals surface area contributed by atoms with Gasteiger partial charge >= 0.3 is 0 Å². The maximum atomic E-state index is 12.9. The van der Waals surface area contributed by atoms with Crippen molar-refractivity contribution in [3.8, 4) is 11.5 Å². The van der Waals surface area contributed by atoms with Crippen molar-refractivity contribution in [2.45, 2.75) is 49.3 Å². The Morgan fingerprint density at radius 3 is 1.36 bits per heavy atom. The average Bonchev–Trinajstić information content (AvgIpc) is 2.80. The first-order valence-electron chi connectivity index (χ1n) is 11.5. The van der Waals surface area contributed by atoms with Gasteiger partial charge in [-0.2, -0.15) is 8.61 Å². The van der Waals surface area contributed by atoms with E-state index >= 15 is 0 Å². The number of ether oxygens (including phenoxy) is 1. The second kappa shape index (κ2) is 9.74. The summed E-state index contributed by atoms with van der Waals surface area (Å²) in [5.41, 5.74) is 0. The van der Waals surface area contributed by atoms with Crippen molar-refractivity contribution in [1.29, 1.82) is 0 Å². The van der Waals surface area contributed by atoms with Crippen LogP contribution in [0.1, 0.15) is 39.5 Å². The summed E-state index contributed by atoms with van der Waals surface area (Å²) in [4.78, 5) is 0.502. The second-order valence-corrected chi connectivity index (χ2v) is 13.1. The molecule has 2 saturated heterocycles. The predicted octanol–water partition coefficient (Wildman–Crippen LogP) is 4.32. The SMILES string of the molecule is CC1CCCN(S(=O)(=O)c2ccc(Oc3ccc(S(=O)(=O)N4CCCC(C)C4)cc3)cc2)C1. The molecule has 0 bridgehead atoms. The van der Waals surface area contributed by atoms with Gasteiger partial charge in [-0.3, -0.25) is 0 Å². The minimum atomic E-state index is -3.51. The molecule has 180 valence electrons. The van der Waals surface area contributed by atoms with Crippen LogP contribution in [0.5, 0.6) is 11.5 Å². The number of sulfonamides is 2. The molecule has 0 aromatic heterocycles. The summed E-state index contributed by atoms with van der Waals surface area (Å²) in [5, 5.41) is 0. The molecule has 2 heterocycles. The number of rotatable bonds is 6. The Balaban J connectivity index is 1.43. The van der Waals surface area contributed by atoms with Crippen molar-refractivity contribution in [3.05, 3.63) is 48.5 Å². The van der Waals surface area contributed by atoms with E-state index in [1.54, 1.807) is 57.1 Å². The fourth-order valence-electron chi connectivity index (χ4n) is 4.52. The van der Waals surface area contributed by atoms with Crippen molar-refractivity contribution in [1.82, 2.24) is 8.61 Å². The van der Waals surface area contributed by atoms with Crippen molar-refractivity contribution in [2.24, 2.45) is 11.8 Å². The van der Waals surface area contributed by atoms with Crippen LogP contribution in [0.4, 0.5) is 0 Å². The smallest absolute Gasteiger partial charge is 0.243 e. The molecular formula is C24H32N2O5S2. The Labute approximate surface area is 197 Å². The van der Waals surface area contributed by atoms with E-state index in [2.05, 4.69) is 13.8 Å². The zero-order chi connectivity index (χ0) is 23.6. The number of nitrogens with zero attached hydrogens (tertiary/aromatic N) is 2. The topological polar surface area (TPSA) is 84.0 Å². The number of benzene rings is 2. The van der Waals surface area contributed by atoms with E-state index < -0.39 is 20.0 Å². The fraction of sp³-hybridized carbons (Fsp3) is 0.500. The first-order valence-corrected chi connectivity index (χ1v) is 14.4. The summed E-state index contributed by atoms with van der Waals surface area (Å²) in [6.45, 7) is 6.34. The molecule has 9 heteroatoms. The molecule has 2 aliphatic heterocycles. The van der Waals surface area contributed by atoms with E-state index in [1.807, 2.05) is 0 Å². The Hall–Kier alpha value is -1.94. The molecule has 7 nitrogen and oxygen atoms in total. The molecule has 2 atom stereocenters. The van der Waals surface area contributed by atoms with Gasteiger partial charge in [0.1, 0.15) is 11.5 Å². The summed E-state index contributed by atoms with van der Waals surface area (Å²) in [6, 6.07) is 12.7. The van der Waals surface area contributed by atoms with Crippen LogP contribution in [-0.4, -0.2) is 51.6 Å². The molecular weight excluding hydrogens is 460 g/mol. The molecule has 2 aliphatic rings. The summed E-state index contributed by atoms with van der Waals surface area (Å²) in [7, 11) is -7.03. The highest BCUT2D eigenvalue weighted by Gasteiger charge is 2.29. The first-order chi connectivity index (χ1) is 15.7. The van der Waals surface area contributed by atoms with E-state index in [-0.39, 0.29) is 9.79 Å². The molecule has 2 unspecified atom stereocenters. The van der Waals surface area contributed by atoms with Crippen LogP contribution in [-0.2, 0) is 20.0 Å². The molecule has 2 aromatic carbocycles. The number of hydrogen-bond acceptors (Lipinski definition) is 5. The normalized spacial score (nSPS) is 23.3. The van der Waals surface area contributed by atoms with Crippen LogP contribution >= 0.6 is 0 Å². The second-order valence-electron chi connectivity index (χ2n) is 9.27. The molecule has 0 radical (unpaired) electrons. The van der Waals surface area contributed by atoms with Gasteiger partial charge in [0.05, 0.1) is 9.79 Å². The summed E-state index contributed by atoms with van der Waals surface area (Å²) in [6.07, 6.45) is 3.86. The van der Waals surface area contributed by atoms with Crippen molar-refractivity contribution >= 4 is 20.0 Å². The third-order valence-corrected chi connectivity index (χ3v) is 10.2. The van der Waals surface area contributed by atoms with Gasteiger partial charge in [0, 0.05) is 26.2 Å². The third kappa shape index (κ3) is 5.42. The Kier molecular flexibility index (Phi) is 7.14. The summed E-state index contributed by atoms with van der Waals surface area (Å²) < 4.78 is 60.6. The zero-order valence-corrected chi connectivity index (χ0v) is 20.8. The van der Waals surface area contributed by atoms with Crippen molar-refractivity contribution in [3.63, 3.8) is 0 Å². The van der Waals surface area contributed by atoms with Crippen molar-refractivity contribution in [2.75, 3.05) is 26.2 Å². The summed E-state index contributed by atoms with van der Waals surface area (Å²) >= 11 is 0. The highest BCUT2D eigenvalue weighted by Crippen LogP contribution is 2.29. The van der Waals surface area contributed by atoms with Crippen LogP contribution in [0.3, 0.4) is 0 Å². The average molecular weight is 493 g/mol. The largest absolute Gasteiger partial charge is 0.457 e. The standard InChI is InChI=1S/C24H32N2O5S2/c1-19-5-3-15-25(17-19)32(27,28)23-11-7-21(8-12-23)31-22-9-13-24(14-10-22)33(29,30)26-16-4-6-20(2)18-26/h7-14,19-20H,3-6,15-18H2,1-2H3. The molecule has 0 saturated carbocycles. The van der Waals surface area contributed by atoms with Gasteiger partial charge in [0.25, 0.3) is 0 Å². The highest BCUT2D eigenvalue weighted by molar-refractivity contribution is 7.89. The zero-order valence-electron chi connectivity index (χ0n) is 19.2. The quantitative estimate of drug-likeness (QED) is 0.600. The van der Waals surface area contributed by atoms with E-state index in [4.69, 9.17) is 4.74 Å². The van der Waals surface area contributed by atoms with Gasteiger partial charge in [-0.1, -0.05) is 13.8 Å². The van der Waals surface area contributed by atoms with Gasteiger partial charge in [-0.15, -0.1) is 0 Å². The molecule has 4 rings (SSSR count). The number of hydrogen-bond donors (Lipinski definition) is 0. The van der Waals surface area contributed by atoms with Crippen LogP contribution in [0.25, 0.3) is 0 Å². The van der Waals surface area contributed by atoms with E-state index in [9.17, 15) is 16.8 Å². The van der Waals surface area contributed by atoms with Crippen LogP contribution in [0, 0.1) is 11.8 Å². The molecule has 0 spiro atoms. The van der Waals surface area contributed by atoms with Crippen LogP contribution in [0.15, 0.2) is 58.3 Å². The van der Waals surface area contributed by atoms with Gasteiger partial charge in [-0.05, 0) is 86.1 Å². The number of piperidine rings is 2. The van der Waals surface area contributed by atoms with E-state index in [0.29, 0.717) is 49.5 Å². The Bertz CT molecular complexity index is 1070. The lowest BCUT2D eigenvalue weighted by atomic mass is 10.0. The lowest BCUT2D eigenvalue weighted by Gasteiger charge is -2.30. The van der Waals surface area contributed by atoms with Gasteiger partial charge in [0.15, 0.2) is 0 Å². The molecule has 0 N–H and O–H groups in total. The van der Waals surface area contributed by atoms with Crippen LogP contribution in [0.2, 0.25) is 0 Å². The van der Waals surface area contributed by atoms with Gasteiger partial charge < -0.3 is 4.74 Å². The maximum Gasteiger partial charge on any atom is 0.243 e. The molecule has 0 amide bonds. The third-order valence-electron chi connectivity index (χ3n) is 6.40. The maximum absolute atomic E-state index is 12.9. The predicted molar refractivity (Wildman–Crippen MR) is 127 cm³/mol. The Morgan fingerprint density at radius 1 is 0.667 bits per heavy atom. The summed E-state index contributed by atoms with van der Waals surface area (Å²) in [5.74, 6) is 1.70. The minimum Gasteiger partial charge on any atom is -0.457 e. The molecule has 2 aromatic rings. The highest BCUT2D eigenvalue weighted by atomic mass is 32.2.